The molecular formula is C10H16N4OS. The van der Waals surface area contributed by atoms with Gasteiger partial charge in [-0.25, -0.2) is 4.98 Å². The second-order valence-corrected chi connectivity index (χ2v) is 5.35. The van der Waals surface area contributed by atoms with Crippen molar-refractivity contribution in [1.29, 1.82) is 0 Å². The summed E-state index contributed by atoms with van der Waals surface area (Å²) in [5.74, 6) is 1.25. The summed E-state index contributed by atoms with van der Waals surface area (Å²) in [4.78, 5) is 15.6. The summed E-state index contributed by atoms with van der Waals surface area (Å²) in [6.07, 6.45) is 4.80. The smallest absolute Gasteiger partial charge is 0.288 e. The minimum atomic E-state index is -0.147. The molecule has 1 aliphatic rings. The Morgan fingerprint density at radius 2 is 2.56 bits per heavy atom. The van der Waals surface area contributed by atoms with Crippen molar-refractivity contribution in [3.8, 4) is 0 Å². The molecule has 5 nitrogen and oxygen atoms in total. The van der Waals surface area contributed by atoms with Gasteiger partial charge >= 0.3 is 0 Å². The average Bonchev–Trinajstić information content (AvgIpc) is 2.90. The van der Waals surface area contributed by atoms with Gasteiger partial charge in [0.1, 0.15) is 6.33 Å². The van der Waals surface area contributed by atoms with E-state index in [0.717, 1.165) is 12.2 Å². The van der Waals surface area contributed by atoms with Crippen molar-refractivity contribution in [2.24, 2.45) is 0 Å². The molecule has 1 aliphatic carbocycles. The van der Waals surface area contributed by atoms with E-state index in [1.165, 1.54) is 19.2 Å². The molecule has 1 saturated carbocycles. The van der Waals surface area contributed by atoms with Gasteiger partial charge in [-0.05, 0) is 18.6 Å². The molecule has 16 heavy (non-hydrogen) atoms. The van der Waals surface area contributed by atoms with Gasteiger partial charge in [0.25, 0.3) is 5.91 Å². The van der Waals surface area contributed by atoms with Crippen LogP contribution in [0.5, 0.6) is 0 Å². The number of hydrogen-bond acceptors (Lipinski definition) is 4. The number of rotatable bonds is 4. The van der Waals surface area contributed by atoms with Gasteiger partial charge in [0.15, 0.2) is 0 Å². The molecule has 2 unspecified atom stereocenters. The highest BCUT2D eigenvalue weighted by Gasteiger charge is 2.29. The number of amides is 1. The van der Waals surface area contributed by atoms with Crippen molar-refractivity contribution in [3.63, 3.8) is 0 Å². The van der Waals surface area contributed by atoms with Crippen LogP contribution in [0, 0.1) is 0 Å². The molecule has 6 heteroatoms. The normalized spacial score (nSPS) is 24.6. The molecule has 2 N–H and O–H groups in total. The predicted octanol–water partition coefficient (Wildman–Crippen LogP) is 1.21. The Kier molecular flexibility index (Phi) is 3.82. The van der Waals surface area contributed by atoms with Crippen LogP contribution in [-0.4, -0.2) is 38.1 Å². The molecule has 0 aliphatic heterocycles. The Bertz CT molecular complexity index is 341. The predicted molar refractivity (Wildman–Crippen MR) is 63.4 cm³/mol. The van der Waals surface area contributed by atoms with Crippen LogP contribution < -0.4 is 5.32 Å². The van der Waals surface area contributed by atoms with Gasteiger partial charge in [0.05, 0.1) is 0 Å². The van der Waals surface area contributed by atoms with E-state index in [-0.39, 0.29) is 11.9 Å². The van der Waals surface area contributed by atoms with Gasteiger partial charge in [-0.1, -0.05) is 13.3 Å². The summed E-state index contributed by atoms with van der Waals surface area (Å²) >= 11 is 1.93. The maximum atomic E-state index is 11.8. The monoisotopic (exact) mass is 240 g/mol. The summed E-state index contributed by atoms with van der Waals surface area (Å²) in [6, 6.07) is 0.280. The van der Waals surface area contributed by atoms with E-state index in [1.54, 1.807) is 0 Å². The lowest BCUT2D eigenvalue weighted by Gasteiger charge is -2.19. The molecule has 1 aromatic heterocycles. The molecule has 0 saturated heterocycles. The Balaban J connectivity index is 1.91. The number of aromatic nitrogens is 3. The Hall–Kier alpha value is -1.04. The molecule has 1 heterocycles. The number of carbonyl (C=O) groups is 1. The third kappa shape index (κ3) is 2.55. The van der Waals surface area contributed by atoms with Crippen LogP contribution in [0.2, 0.25) is 0 Å². The van der Waals surface area contributed by atoms with Gasteiger partial charge in [-0.3, -0.25) is 9.89 Å². The molecule has 0 radical (unpaired) electrons. The number of thioether (sulfide) groups is 1. The van der Waals surface area contributed by atoms with Crippen LogP contribution in [0.3, 0.4) is 0 Å². The second-order valence-electron chi connectivity index (χ2n) is 3.84. The molecule has 1 fully saturated rings. The summed E-state index contributed by atoms with van der Waals surface area (Å²) < 4.78 is 0. The SMILES string of the molecule is CCSC1CCCC1NC(=O)c1ncn[nH]1. The highest BCUT2D eigenvalue weighted by molar-refractivity contribution is 7.99. The highest BCUT2D eigenvalue weighted by Crippen LogP contribution is 2.29. The topological polar surface area (TPSA) is 70.7 Å². The largest absolute Gasteiger partial charge is 0.345 e. The van der Waals surface area contributed by atoms with Crippen LogP contribution in [0.4, 0.5) is 0 Å². The molecule has 0 bridgehead atoms. The standard InChI is InChI=1S/C10H16N4OS/c1-2-16-8-5-3-4-7(8)13-10(15)9-11-6-12-14-9/h6-8H,2-5H2,1H3,(H,13,15)(H,11,12,14). The van der Waals surface area contributed by atoms with Crippen molar-refractivity contribution in [1.82, 2.24) is 20.5 Å². The minimum Gasteiger partial charge on any atom is -0.345 e. The first-order chi connectivity index (χ1) is 7.81. The van der Waals surface area contributed by atoms with Crippen molar-refractivity contribution < 1.29 is 4.79 Å². The van der Waals surface area contributed by atoms with E-state index in [1.807, 2.05) is 11.8 Å². The highest BCUT2D eigenvalue weighted by atomic mass is 32.2. The van der Waals surface area contributed by atoms with Crippen molar-refractivity contribution in [3.05, 3.63) is 12.2 Å². The lowest BCUT2D eigenvalue weighted by atomic mass is 10.2. The van der Waals surface area contributed by atoms with Crippen molar-refractivity contribution in [2.75, 3.05) is 5.75 Å². The fourth-order valence-corrected chi connectivity index (χ4v) is 3.25. The third-order valence-electron chi connectivity index (χ3n) is 2.78. The fourth-order valence-electron chi connectivity index (χ4n) is 2.06. The lowest BCUT2D eigenvalue weighted by molar-refractivity contribution is 0.0928. The molecule has 1 amide bonds. The van der Waals surface area contributed by atoms with E-state index in [4.69, 9.17) is 0 Å². The average molecular weight is 240 g/mol. The molecular weight excluding hydrogens is 224 g/mol. The first-order valence-electron chi connectivity index (χ1n) is 5.59. The van der Waals surface area contributed by atoms with Crippen LogP contribution in [0.1, 0.15) is 36.8 Å². The van der Waals surface area contributed by atoms with Crippen molar-refractivity contribution >= 4 is 17.7 Å². The molecule has 0 spiro atoms. The fraction of sp³-hybridized carbons (Fsp3) is 0.700. The molecule has 0 aromatic carbocycles. The molecule has 2 rings (SSSR count). The van der Waals surface area contributed by atoms with Crippen molar-refractivity contribution in [2.45, 2.75) is 37.5 Å². The zero-order chi connectivity index (χ0) is 11.4. The van der Waals surface area contributed by atoms with E-state index in [2.05, 4.69) is 27.4 Å². The van der Waals surface area contributed by atoms with Gasteiger partial charge in [-0.2, -0.15) is 16.9 Å². The van der Waals surface area contributed by atoms with Gasteiger partial charge in [0, 0.05) is 11.3 Å². The number of carbonyl (C=O) groups excluding carboxylic acids is 1. The van der Waals surface area contributed by atoms with E-state index < -0.39 is 0 Å². The first kappa shape index (κ1) is 11.4. The number of H-pyrrole nitrogens is 1. The number of aromatic amines is 1. The van der Waals surface area contributed by atoms with Gasteiger partial charge < -0.3 is 5.32 Å². The number of nitrogens with one attached hydrogen (secondary N) is 2. The minimum absolute atomic E-state index is 0.147. The summed E-state index contributed by atoms with van der Waals surface area (Å²) in [6.45, 7) is 2.15. The third-order valence-corrected chi connectivity index (χ3v) is 4.11. The van der Waals surface area contributed by atoms with Crippen LogP contribution in [0.25, 0.3) is 0 Å². The summed E-state index contributed by atoms with van der Waals surface area (Å²) in [5.41, 5.74) is 0. The Morgan fingerprint density at radius 3 is 3.25 bits per heavy atom. The van der Waals surface area contributed by atoms with E-state index in [0.29, 0.717) is 11.1 Å². The van der Waals surface area contributed by atoms with Gasteiger partial charge in [-0.15, -0.1) is 0 Å². The Morgan fingerprint density at radius 1 is 1.69 bits per heavy atom. The Labute approximate surface area is 98.8 Å². The zero-order valence-electron chi connectivity index (χ0n) is 9.27. The quantitative estimate of drug-likeness (QED) is 0.830. The molecule has 88 valence electrons. The lowest BCUT2D eigenvalue weighted by Crippen LogP contribution is -2.39. The number of nitrogens with zero attached hydrogens (tertiary/aromatic N) is 2. The maximum Gasteiger partial charge on any atom is 0.288 e. The van der Waals surface area contributed by atoms with Gasteiger partial charge in [0.2, 0.25) is 5.82 Å². The summed E-state index contributed by atoms with van der Waals surface area (Å²) in [5, 5.41) is 9.82. The molecule has 2 atom stereocenters. The zero-order valence-corrected chi connectivity index (χ0v) is 10.1. The van der Waals surface area contributed by atoms with E-state index in [9.17, 15) is 4.79 Å². The van der Waals surface area contributed by atoms with E-state index >= 15 is 0 Å². The first-order valence-corrected chi connectivity index (χ1v) is 6.64. The van der Waals surface area contributed by atoms with Crippen LogP contribution in [0.15, 0.2) is 6.33 Å². The maximum absolute atomic E-state index is 11.8. The van der Waals surface area contributed by atoms with Crippen LogP contribution >= 0.6 is 11.8 Å². The molecule has 1 aromatic rings. The summed E-state index contributed by atoms with van der Waals surface area (Å²) in [7, 11) is 0. The van der Waals surface area contributed by atoms with Crippen LogP contribution in [-0.2, 0) is 0 Å². The number of hydrogen-bond donors (Lipinski definition) is 2. The second kappa shape index (κ2) is 5.34.